The molecule has 3 atom stereocenters. The van der Waals surface area contributed by atoms with Gasteiger partial charge in [0.05, 0.1) is 5.41 Å². The Labute approximate surface area is 165 Å². The monoisotopic (exact) mass is 368 g/mol. The number of hydrogen-bond acceptors (Lipinski definition) is 2. The first-order chi connectivity index (χ1) is 13.8. The van der Waals surface area contributed by atoms with Gasteiger partial charge in [-0.3, -0.25) is 4.79 Å². The topological polar surface area (TPSA) is 46.3 Å². The summed E-state index contributed by atoms with van der Waals surface area (Å²) >= 11 is 0. The van der Waals surface area contributed by atoms with Crippen LogP contribution in [0.3, 0.4) is 0 Å². The third-order valence-corrected chi connectivity index (χ3v) is 6.52. The second-order valence-electron chi connectivity index (χ2n) is 7.80. The van der Waals surface area contributed by atoms with Crippen molar-refractivity contribution in [3.05, 3.63) is 102 Å². The molecule has 3 aromatic carbocycles. The average molecular weight is 368 g/mol. The van der Waals surface area contributed by atoms with Gasteiger partial charge in [0.1, 0.15) is 0 Å². The predicted octanol–water partition coefficient (Wildman–Crippen LogP) is 3.89. The van der Waals surface area contributed by atoms with Gasteiger partial charge in [0.2, 0.25) is 5.91 Å². The van der Waals surface area contributed by atoms with E-state index in [9.17, 15) is 4.79 Å². The summed E-state index contributed by atoms with van der Waals surface area (Å²) in [5.41, 5.74) is 10.2. The third-order valence-electron chi connectivity index (χ3n) is 6.52. The maximum Gasteiger partial charge on any atom is 0.238 e. The molecule has 3 aromatic rings. The summed E-state index contributed by atoms with van der Waals surface area (Å²) < 4.78 is 0. The highest BCUT2D eigenvalue weighted by molar-refractivity contribution is 6.06. The molecule has 1 saturated carbocycles. The first-order valence-corrected chi connectivity index (χ1v) is 9.99. The maximum atomic E-state index is 14.1. The Morgan fingerprint density at radius 2 is 1.57 bits per heavy atom. The van der Waals surface area contributed by atoms with E-state index in [4.69, 9.17) is 5.73 Å². The number of benzene rings is 3. The van der Waals surface area contributed by atoms with Crippen molar-refractivity contribution in [3.8, 4) is 0 Å². The van der Waals surface area contributed by atoms with Crippen LogP contribution < -0.4 is 10.6 Å². The lowest BCUT2D eigenvalue weighted by Crippen LogP contribution is -2.41. The van der Waals surface area contributed by atoms with E-state index in [2.05, 4.69) is 36.4 Å². The Bertz CT molecular complexity index is 1000. The van der Waals surface area contributed by atoms with Gasteiger partial charge in [-0.15, -0.1) is 0 Å². The van der Waals surface area contributed by atoms with E-state index in [1.54, 1.807) is 0 Å². The van der Waals surface area contributed by atoms with Crippen LogP contribution in [-0.2, 0) is 16.6 Å². The van der Waals surface area contributed by atoms with Gasteiger partial charge < -0.3 is 10.6 Å². The van der Waals surface area contributed by atoms with Crippen molar-refractivity contribution < 1.29 is 4.79 Å². The molecule has 1 aliphatic carbocycles. The Balaban J connectivity index is 1.64. The van der Waals surface area contributed by atoms with Crippen LogP contribution in [0, 0.1) is 5.92 Å². The van der Waals surface area contributed by atoms with Crippen LogP contribution in [0.2, 0.25) is 0 Å². The Hall–Kier alpha value is -2.91. The number of amides is 1. The molecule has 3 nitrogen and oxygen atoms in total. The second-order valence-corrected chi connectivity index (χ2v) is 7.80. The van der Waals surface area contributed by atoms with E-state index in [0.717, 1.165) is 24.2 Å². The minimum absolute atomic E-state index is 0.109. The van der Waals surface area contributed by atoms with Crippen molar-refractivity contribution in [2.75, 3.05) is 18.0 Å². The maximum absolute atomic E-state index is 14.1. The second kappa shape index (κ2) is 6.61. The van der Waals surface area contributed by atoms with Crippen LogP contribution in [0.25, 0.3) is 0 Å². The number of hydrogen-bond donors (Lipinski definition) is 1. The van der Waals surface area contributed by atoms with Crippen molar-refractivity contribution in [3.63, 3.8) is 0 Å². The van der Waals surface area contributed by atoms with E-state index >= 15 is 0 Å². The van der Waals surface area contributed by atoms with E-state index < -0.39 is 5.41 Å². The molecule has 2 aliphatic rings. The molecule has 3 unspecified atom stereocenters. The van der Waals surface area contributed by atoms with Crippen molar-refractivity contribution >= 4 is 11.6 Å². The number of nitrogens with two attached hydrogens (primary N) is 1. The van der Waals surface area contributed by atoms with Gasteiger partial charge in [-0.05, 0) is 41.6 Å². The van der Waals surface area contributed by atoms with E-state index in [1.807, 2.05) is 53.4 Å². The molecule has 0 radical (unpaired) electrons. The summed E-state index contributed by atoms with van der Waals surface area (Å²) in [6, 6.07) is 28.9. The molecular weight excluding hydrogens is 344 g/mol. The average Bonchev–Trinajstić information content (AvgIpc) is 3.27. The normalized spacial score (nSPS) is 25.4. The summed E-state index contributed by atoms with van der Waals surface area (Å²) in [5, 5.41) is 0. The smallest absolute Gasteiger partial charge is 0.238 e. The highest BCUT2D eigenvalue weighted by atomic mass is 16.2. The Kier molecular flexibility index (Phi) is 4.06. The Morgan fingerprint density at radius 3 is 2.29 bits per heavy atom. The molecule has 0 saturated heterocycles. The zero-order chi connectivity index (χ0) is 19.1. The summed E-state index contributed by atoms with van der Waals surface area (Å²) in [6.07, 6.45) is 0.913. The van der Waals surface area contributed by atoms with Crippen molar-refractivity contribution in [1.82, 2.24) is 0 Å². The van der Waals surface area contributed by atoms with Gasteiger partial charge in [0.15, 0.2) is 0 Å². The zero-order valence-corrected chi connectivity index (χ0v) is 15.8. The molecule has 1 fully saturated rings. The van der Waals surface area contributed by atoms with E-state index in [-0.39, 0.29) is 17.7 Å². The molecule has 1 heterocycles. The van der Waals surface area contributed by atoms with Crippen LogP contribution in [0.1, 0.15) is 22.6 Å². The number of fused-ring (bicyclic) bond motifs is 1. The molecular formula is C25H24N2O. The fourth-order valence-electron chi connectivity index (χ4n) is 5.23. The SMILES string of the molecule is NCC1C(c2ccccc2)C1(C(=O)N1CCc2ccccc21)c1ccccc1. The number of para-hydroxylation sites is 1. The van der Waals surface area contributed by atoms with Crippen LogP contribution in [0.15, 0.2) is 84.9 Å². The number of carbonyl (C=O) groups is 1. The molecule has 2 N–H and O–H groups in total. The summed E-state index contributed by atoms with van der Waals surface area (Å²) in [5.74, 6) is 0.409. The molecule has 28 heavy (non-hydrogen) atoms. The molecule has 5 rings (SSSR count). The van der Waals surface area contributed by atoms with Gasteiger partial charge in [-0.25, -0.2) is 0 Å². The number of nitrogens with zero attached hydrogens (tertiary/aromatic N) is 1. The van der Waals surface area contributed by atoms with Gasteiger partial charge in [0.25, 0.3) is 0 Å². The van der Waals surface area contributed by atoms with E-state index in [1.165, 1.54) is 11.1 Å². The van der Waals surface area contributed by atoms with Crippen molar-refractivity contribution in [2.45, 2.75) is 17.8 Å². The van der Waals surface area contributed by atoms with Crippen LogP contribution in [-0.4, -0.2) is 19.0 Å². The lowest BCUT2D eigenvalue weighted by Gasteiger charge is -2.26. The standard InChI is InChI=1S/C25H24N2O/c26-17-21-23(19-10-3-1-4-11-19)25(21,20-12-5-2-6-13-20)24(28)27-16-15-18-9-7-8-14-22(18)27/h1-14,21,23H,15-17,26H2. The first-order valence-electron chi connectivity index (χ1n) is 9.99. The van der Waals surface area contributed by atoms with Crippen molar-refractivity contribution in [2.24, 2.45) is 11.7 Å². The third kappa shape index (κ3) is 2.36. The summed E-state index contributed by atoms with van der Waals surface area (Å²) in [6.45, 7) is 1.24. The quantitative estimate of drug-likeness (QED) is 0.759. The summed E-state index contributed by atoms with van der Waals surface area (Å²) in [7, 11) is 0. The molecule has 0 spiro atoms. The van der Waals surface area contributed by atoms with Crippen LogP contribution in [0.4, 0.5) is 5.69 Å². The number of carbonyl (C=O) groups excluding carboxylic acids is 1. The minimum Gasteiger partial charge on any atom is -0.330 e. The fourth-order valence-corrected chi connectivity index (χ4v) is 5.23. The van der Waals surface area contributed by atoms with Crippen molar-refractivity contribution in [1.29, 1.82) is 0 Å². The number of anilines is 1. The molecule has 0 bridgehead atoms. The van der Waals surface area contributed by atoms with Gasteiger partial charge in [-0.2, -0.15) is 0 Å². The number of rotatable bonds is 4. The van der Waals surface area contributed by atoms with Gasteiger partial charge in [0, 0.05) is 18.2 Å². The molecule has 1 amide bonds. The van der Waals surface area contributed by atoms with Gasteiger partial charge in [-0.1, -0.05) is 78.9 Å². The largest absolute Gasteiger partial charge is 0.330 e. The fraction of sp³-hybridized carbons (Fsp3) is 0.240. The lowest BCUT2D eigenvalue weighted by atomic mass is 9.88. The molecule has 3 heteroatoms. The first kappa shape index (κ1) is 17.2. The van der Waals surface area contributed by atoms with Crippen LogP contribution in [0.5, 0.6) is 0 Å². The lowest BCUT2D eigenvalue weighted by molar-refractivity contribution is -0.121. The Morgan fingerprint density at radius 1 is 0.929 bits per heavy atom. The molecule has 0 aromatic heterocycles. The van der Waals surface area contributed by atoms with Crippen LogP contribution >= 0.6 is 0 Å². The highest BCUT2D eigenvalue weighted by Gasteiger charge is 2.70. The summed E-state index contributed by atoms with van der Waals surface area (Å²) in [4.78, 5) is 16.1. The highest BCUT2D eigenvalue weighted by Crippen LogP contribution is 2.66. The van der Waals surface area contributed by atoms with Gasteiger partial charge >= 0.3 is 0 Å². The predicted molar refractivity (Wildman–Crippen MR) is 112 cm³/mol. The molecule has 1 aliphatic heterocycles. The minimum atomic E-state index is -0.588. The van der Waals surface area contributed by atoms with E-state index in [0.29, 0.717) is 6.54 Å². The zero-order valence-electron chi connectivity index (χ0n) is 15.8. The molecule has 140 valence electrons.